The van der Waals surface area contributed by atoms with Gasteiger partial charge in [0.15, 0.2) is 0 Å². The van der Waals surface area contributed by atoms with Gasteiger partial charge in [0, 0.05) is 21.6 Å². The van der Waals surface area contributed by atoms with Crippen LogP contribution in [-0.2, 0) is 4.79 Å². The third-order valence-corrected chi connectivity index (χ3v) is 3.90. The molecule has 124 valence electrons. The highest BCUT2D eigenvalue weighted by Gasteiger charge is 2.14. The Morgan fingerprint density at radius 1 is 1.08 bits per heavy atom. The number of nitrogens with one attached hydrogen (secondary N) is 2. The molecule has 0 unspecified atom stereocenters. The van der Waals surface area contributed by atoms with Crippen LogP contribution in [0.25, 0.3) is 6.08 Å². The fourth-order valence-electron chi connectivity index (χ4n) is 1.94. The first kappa shape index (κ1) is 18.2. The van der Waals surface area contributed by atoms with E-state index in [1.165, 1.54) is 0 Å². The summed E-state index contributed by atoms with van der Waals surface area (Å²) in [6.07, 6.45) is 1.61. The molecule has 2 N–H and O–H groups in total. The lowest BCUT2D eigenvalue weighted by Crippen LogP contribution is -2.34. The summed E-state index contributed by atoms with van der Waals surface area (Å²) in [5.41, 5.74) is 1.40. The number of hydrogen-bond donors (Lipinski definition) is 2. The Balaban J connectivity index is 2.25. The number of carbonyl (C=O) groups is 2. The highest BCUT2D eigenvalue weighted by Crippen LogP contribution is 2.13. The molecule has 0 aliphatic carbocycles. The topological polar surface area (TPSA) is 58.2 Å². The Labute approximate surface area is 154 Å². The minimum absolute atomic E-state index is 0.173. The number of benzene rings is 2. The third-order valence-electron chi connectivity index (χ3n) is 3.12. The van der Waals surface area contributed by atoms with Gasteiger partial charge in [0.05, 0.1) is 0 Å². The van der Waals surface area contributed by atoms with Gasteiger partial charge in [-0.15, -0.1) is 0 Å². The summed E-state index contributed by atoms with van der Waals surface area (Å²) in [6.45, 7) is 2.28. The van der Waals surface area contributed by atoms with E-state index in [4.69, 9.17) is 11.6 Å². The first-order valence-corrected chi connectivity index (χ1v) is 8.49. The standard InChI is InChI=1S/C18H16BrClN2O2/c1-2-21-18(24)16(11-12-3-9-15(20)10-4-12)22-17(23)13-5-7-14(19)8-6-13/h3-11H,2H2,1H3,(H,21,24)(H,22,23). The first-order valence-electron chi connectivity index (χ1n) is 7.32. The van der Waals surface area contributed by atoms with Crippen LogP contribution in [0.1, 0.15) is 22.8 Å². The van der Waals surface area contributed by atoms with Gasteiger partial charge < -0.3 is 10.6 Å². The van der Waals surface area contributed by atoms with Crippen molar-refractivity contribution in [3.05, 3.63) is 74.9 Å². The van der Waals surface area contributed by atoms with Crippen LogP contribution in [0.4, 0.5) is 0 Å². The van der Waals surface area contributed by atoms with E-state index in [2.05, 4.69) is 26.6 Å². The van der Waals surface area contributed by atoms with Crippen molar-refractivity contribution in [2.24, 2.45) is 0 Å². The van der Waals surface area contributed by atoms with E-state index < -0.39 is 0 Å². The number of rotatable bonds is 5. The molecule has 0 spiro atoms. The summed E-state index contributed by atoms with van der Waals surface area (Å²) in [7, 11) is 0. The highest BCUT2D eigenvalue weighted by atomic mass is 79.9. The number of amides is 2. The summed E-state index contributed by atoms with van der Waals surface area (Å²) in [5.74, 6) is -0.702. The van der Waals surface area contributed by atoms with E-state index in [9.17, 15) is 9.59 Å². The van der Waals surface area contributed by atoms with E-state index >= 15 is 0 Å². The van der Waals surface area contributed by atoms with Crippen molar-refractivity contribution >= 4 is 45.4 Å². The van der Waals surface area contributed by atoms with Gasteiger partial charge in [0.25, 0.3) is 11.8 Å². The van der Waals surface area contributed by atoms with Crippen LogP contribution in [0.2, 0.25) is 5.02 Å². The Morgan fingerprint density at radius 2 is 1.71 bits per heavy atom. The van der Waals surface area contributed by atoms with Gasteiger partial charge in [0.1, 0.15) is 5.70 Å². The second-order valence-corrected chi connectivity index (χ2v) is 6.28. The first-order chi connectivity index (χ1) is 11.5. The predicted molar refractivity (Wildman–Crippen MR) is 99.7 cm³/mol. The Bertz CT molecular complexity index is 756. The molecule has 0 saturated heterocycles. The zero-order valence-electron chi connectivity index (χ0n) is 13.0. The number of halogens is 2. The number of likely N-dealkylation sites (N-methyl/N-ethyl adjacent to an activating group) is 1. The van der Waals surface area contributed by atoms with E-state index in [1.54, 1.807) is 54.6 Å². The maximum Gasteiger partial charge on any atom is 0.267 e. The smallest absolute Gasteiger partial charge is 0.267 e. The zero-order valence-corrected chi connectivity index (χ0v) is 15.3. The SMILES string of the molecule is CCNC(=O)C(=Cc1ccc(Cl)cc1)NC(=O)c1ccc(Br)cc1. The van der Waals surface area contributed by atoms with Crippen molar-refractivity contribution in [2.45, 2.75) is 6.92 Å². The van der Waals surface area contributed by atoms with E-state index in [0.29, 0.717) is 17.1 Å². The lowest BCUT2D eigenvalue weighted by atomic mass is 10.1. The van der Waals surface area contributed by atoms with Crippen molar-refractivity contribution < 1.29 is 9.59 Å². The van der Waals surface area contributed by atoms with E-state index in [0.717, 1.165) is 10.0 Å². The van der Waals surface area contributed by atoms with Gasteiger partial charge in [-0.05, 0) is 55.0 Å². The summed E-state index contributed by atoms with van der Waals surface area (Å²) in [5, 5.41) is 5.95. The van der Waals surface area contributed by atoms with Crippen LogP contribution in [0.5, 0.6) is 0 Å². The van der Waals surface area contributed by atoms with Crippen LogP contribution in [0.15, 0.2) is 58.7 Å². The van der Waals surface area contributed by atoms with Crippen LogP contribution in [-0.4, -0.2) is 18.4 Å². The predicted octanol–water partition coefficient (Wildman–Crippen LogP) is 4.01. The molecule has 2 amide bonds. The third kappa shape index (κ3) is 5.22. The Hall–Kier alpha value is -2.11. The molecule has 0 bridgehead atoms. The van der Waals surface area contributed by atoms with Crippen LogP contribution in [0.3, 0.4) is 0 Å². The maximum absolute atomic E-state index is 12.4. The lowest BCUT2D eigenvalue weighted by Gasteiger charge is -2.10. The average molecular weight is 408 g/mol. The molecule has 0 aliphatic heterocycles. The molecule has 0 saturated carbocycles. The molecule has 2 aromatic rings. The number of carbonyl (C=O) groups excluding carboxylic acids is 2. The Morgan fingerprint density at radius 3 is 2.29 bits per heavy atom. The maximum atomic E-state index is 12.4. The largest absolute Gasteiger partial charge is 0.351 e. The van der Waals surface area contributed by atoms with Gasteiger partial charge >= 0.3 is 0 Å². The van der Waals surface area contributed by atoms with Crippen molar-refractivity contribution in [3.63, 3.8) is 0 Å². The zero-order chi connectivity index (χ0) is 17.5. The second-order valence-electron chi connectivity index (χ2n) is 4.93. The normalized spacial score (nSPS) is 11.0. The Kier molecular flexibility index (Phi) is 6.58. The molecule has 0 heterocycles. The van der Waals surface area contributed by atoms with Gasteiger partial charge in [-0.3, -0.25) is 9.59 Å². The molecule has 0 fully saturated rings. The molecule has 0 aromatic heterocycles. The van der Waals surface area contributed by atoms with Crippen LogP contribution in [0, 0.1) is 0 Å². The van der Waals surface area contributed by atoms with Gasteiger partial charge in [-0.25, -0.2) is 0 Å². The summed E-state index contributed by atoms with van der Waals surface area (Å²) in [6, 6.07) is 13.9. The van der Waals surface area contributed by atoms with E-state index in [-0.39, 0.29) is 17.5 Å². The van der Waals surface area contributed by atoms with Gasteiger partial charge in [-0.1, -0.05) is 39.7 Å². The molecule has 6 heteroatoms. The highest BCUT2D eigenvalue weighted by molar-refractivity contribution is 9.10. The molecule has 4 nitrogen and oxygen atoms in total. The molecular formula is C18H16BrClN2O2. The molecule has 0 radical (unpaired) electrons. The fraction of sp³-hybridized carbons (Fsp3) is 0.111. The fourth-order valence-corrected chi connectivity index (χ4v) is 2.33. The molecular weight excluding hydrogens is 392 g/mol. The van der Waals surface area contributed by atoms with Gasteiger partial charge in [0.2, 0.25) is 0 Å². The van der Waals surface area contributed by atoms with Gasteiger partial charge in [-0.2, -0.15) is 0 Å². The molecule has 2 aromatic carbocycles. The monoisotopic (exact) mass is 406 g/mol. The van der Waals surface area contributed by atoms with Crippen molar-refractivity contribution in [3.8, 4) is 0 Å². The van der Waals surface area contributed by atoms with Crippen molar-refractivity contribution in [2.75, 3.05) is 6.54 Å². The lowest BCUT2D eigenvalue weighted by molar-refractivity contribution is -0.117. The minimum Gasteiger partial charge on any atom is -0.351 e. The molecule has 0 atom stereocenters. The van der Waals surface area contributed by atoms with Crippen LogP contribution < -0.4 is 10.6 Å². The molecule has 24 heavy (non-hydrogen) atoms. The quantitative estimate of drug-likeness (QED) is 0.736. The van der Waals surface area contributed by atoms with E-state index in [1.807, 2.05) is 6.92 Å². The number of hydrogen-bond acceptors (Lipinski definition) is 2. The minimum atomic E-state index is -0.353. The second kappa shape index (κ2) is 8.66. The molecule has 0 aliphatic rings. The summed E-state index contributed by atoms with van der Waals surface area (Å²) >= 11 is 9.19. The van der Waals surface area contributed by atoms with Crippen LogP contribution >= 0.6 is 27.5 Å². The average Bonchev–Trinajstić information content (AvgIpc) is 2.57. The van der Waals surface area contributed by atoms with Crippen molar-refractivity contribution in [1.29, 1.82) is 0 Å². The summed E-state index contributed by atoms with van der Waals surface area (Å²) in [4.78, 5) is 24.6. The molecule has 2 rings (SSSR count). The summed E-state index contributed by atoms with van der Waals surface area (Å²) < 4.78 is 0.875. The van der Waals surface area contributed by atoms with Crippen molar-refractivity contribution in [1.82, 2.24) is 10.6 Å².